The molecular formula is C13H14ClNO. The number of hydrogen-bond donors (Lipinski definition) is 0. The van der Waals surface area contributed by atoms with E-state index >= 15 is 0 Å². The van der Waals surface area contributed by atoms with Crippen molar-refractivity contribution in [3.8, 4) is 0 Å². The Balaban J connectivity index is 2.58. The van der Waals surface area contributed by atoms with E-state index in [4.69, 9.17) is 11.6 Å². The molecular weight excluding hydrogens is 222 g/mol. The fourth-order valence-electron chi connectivity index (χ4n) is 2.33. The van der Waals surface area contributed by atoms with E-state index in [0.717, 1.165) is 41.0 Å². The number of aliphatic imine (C=N–C) groups is 1. The van der Waals surface area contributed by atoms with Crippen molar-refractivity contribution >= 4 is 17.7 Å². The second kappa shape index (κ2) is 4.04. The maximum atomic E-state index is 10.5. The second-order valence-electron chi connectivity index (χ2n) is 4.53. The van der Waals surface area contributed by atoms with E-state index in [0.29, 0.717) is 0 Å². The van der Waals surface area contributed by atoms with Crippen LogP contribution in [0.2, 0.25) is 5.02 Å². The van der Waals surface area contributed by atoms with Crippen molar-refractivity contribution < 1.29 is 4.79 Å². The van der Waals surface area contributed by atoms with Crippen LogP contribution in [0.1, 0.15) is 36.0 Å². The van der Waals surface area contributed by atoms with Crippen molar-refractivity contribution in [3.63, 3.8) is 0 Å². The monoisotopic (exact) mass is 235 g/mol. The Morgan fingerprint density at radius 3 is 2.56 bits per heavy atom. The molecule has 3 heteroatoms. The highest BCUT2D eigenvalue weighted by atomic mass is 35.5. The Morgan fingerprint density at radius 1 is 1.38 bits per heavy atom. The zero-order valence-electron chi connectivity index (χ0n) is 9.51. The van der Waals surface area contributed by atoms with Gasteiger partial charge in [0.2, 0.25) is 6.08 Å². The lowest BCUT2D eigenvalue weighted by atomic mass is 9.72. The van der Waals surface area contributed by atoms with Crippen molar-refractivity contribution in [2.24, 2.45) is 4.99 Å². The zero-order chi connectivity index (χ0) is 11.8. The minimum Gasteiger partial charge on any atom is -0.211 e. The van der Waals surface area contributed by atoms with E-state index in [2.05, 4.69) is 4.99 Å². The predicted octanol–water partition coefficient (Wildman–Crippen LogP) is 3.67. The van der Waals surface area contributed by atoms with Crippen LogP contribution in [0.25, 0.3) is 0 Å². The van der Waals surface area contributed by atoms with Crippen LogP contribution in [0.5, 0.6) is 0 Å². The summed E-state index contributed by atoms with van der Waals surface area (Å²) in [5, 5.41) is 0.740. The predicted molar refractivity (Wildman–Crippen MR) is 64.6 cm³/mol. The lowest BCUT2D eigenvalue weighted by Gasteiger charge is -2.38. The third-order valence-corrected chi connectivity index (χ3v) is 3.84. The van der Waals surface area contributed by atoms with Crippen LogP contribution < -0.4 is 0 Å². The van der Waals surface area contributed by atoms with Crippen LogP contribution >= 0.6 is 11.6 Å². The molecule has 0 heterocycles. The average Bonchev–Trinajstić information content (AvgIpc) is 2.17. The fraction of sp³-hybridized carbons (Fsp3) is 0.462. The zero-order valence-corrected chi connectivity index (χ0v) is 10.3. The summed E-state index contributed by atoms with van der Waals surface area (Å²) < 4.78 is 0. The molecule has 0 bridgehead atoms. The van der Waals surface area contributed by atoms with E-state index in [-0.39, 0.29) is 0 Å². The van der Waals surface area contributed by atoms with Gasteiger partial charge < -0.3 is 0 Å². The largest absolute Gasteiger partial charge is 0.235 e. The molecule has 0 spiro atoms. The number of nitrogens with zero attached hydrogens (tertiary/aromatic N) is 1. The number of halogens is 1. The van der Waals surface area contributed by atoms with Crippen LogP contribution in [0.15, 0.2) is 17.1 Å². The van der Waals surface area contributed by atoms with Crippen molar-refractivity contribution in [1.82, 2.24) is 0 Å². The smallest absolute Gasteiger partial charge is 0.211 e. The van der Waals surface area contributed by atoms with Gasteiger partial charge in [-0.3, -0.25) is 0 Å². The van der Waals surface area contributed by atoms with Gasteiger partial charge in [0.1, 0.15) is 0 Å². The molecule has 0 aliphatic heterocycles. The molecule has 0 saturated heterocycles. The molecule has 0 unspecified atom stereocenters. The van der Waals surface area contributed by atoms with E-state index in [1.54, 1.807) is 6.08 Å². The molecule has 1 aromatic rings. The average molecular weight is 236 g/mol. The SMILES string of the molecule is Cc1cc(C)c(Cl)c(C2(N=C=O)CCC2)c1. The third kappa shape index (κ3) is 1.68. The number of aryl methyl sites for hydroxylation is 2. The van der Waals surface area contributed by atoms with E-state index in [1.807, 2.05) is 26.0 Å². The maximum Gasteiger partial charge on any atom is 0.235 e. The molecule has 84 valence electrons. The van der Waals surface area contributed by atoms with E-state index < -0.39 is 5.54 Å². The first kappa shape index (κ1) is 11.4. The second-order valence-corrected chi connectivity index (χ2v) is 4.91. The highest BCUT2D eigenvalue weighted by Gasteiger charge is 2.40. The number of isocyanates is 1. The highest BCUT2D eigenvalue weighted by molar-refractivity contribution is 6.32. The number of rotatable bonds is 2. The minimum absolute atomic E-state index is 0.393. The molecule has 16 heavy (non-hydrogen) atoms. The van der Waals surface area contributed by atoms with Gasteiger partial charge in [0.15, 0.2) is 0 Å². The summed E-state index contributed by atoms with van der Waals surface area (Å²) in [5.74, 6) is 0. The molecule has 1 aliphatic carbocycles. The Labute approximate surface area is 100 Å². The van der Waals surface area contributed by atoms with E-state index in [1.165, 1.54) is 0 Å². The van der Waals surface area contributed by atoms with Crippen molar-refractivity contribution in [2.45, 2.75) is 38.6 Å². The first-order chi connectivity index (χ1) is 7.59. The molecule has 1 aliphatic rings. The van der Waals surface area contributed by atoms with Crippen molar-refractivity contribution in [3.05, 3.63) is 33.8 Å². The van der Waals surface area contributed by atoms with Gasteiger partial charge in [-0.15, -0.1) is 0 Å². The van der Waals surface area contributed by atoms with Crippen LogP contribution in [-0.2, 0) is 10.3 Å². The van der Waals surface area contributed by atoms with Crippen molar-refractivity contribution in [2.75, 3.05) is 0 Å². The maximum absolute atomic E-state index is 10.5. The van der Waals surface area contributed by atoms with Gasteiger partial charge in [-0.1, -0.05) is 29.3 Å². The molecule has 0 aromatic heterocycles. The Kier molecular flexibility index (Phi) is 2.88. The molecule has 2 rings (SSSR count). The molecule has 1 saturated carbocycles. The Bertz CT molecular complexity index is 471. The van der Waals surface area contributed by atoms with Gasteiger partial charge in [-0.05, 0) is 44.2 Å². The van der Waals surface area contributed by atoms with Gasteiger partial charge in [0, 0.05) is 5.02 Å². The highest BCUT2D eigenvalue weighted by Crippen LogP contribution is 2.48. The summed E-state index contributed by atoms with van der Waals surface area (Å²) in [6.45, 7) is 4.01. The lowest BCUT2D eigenvalue weighted by molar-refractivity contribution is 0.256. The number of hydrogen-bond acceptors (Lipinski definition) is 2. The Morgan fingerprint density at radius 2 is 2.06 bits per heavy atom. The first-order valence-corrected chi connectivity index (χ1v) is 5.83. The molecule has 2 nitrogen and oxygen atoms in total. The van der Waals surface area contributed by atoms with Crippen molar-refractivity contribution in [1.29, 1.82) is 0 Å². The van der Waals surface area contributed by atoms with Gasteiger partial charge in [-0.2, -0.15) is 4.99 Å². The summed E-state index contributed by atoms with van der Waals surface area (Å²) in [5.41, 5.74) is 2.80. The summed E-state index contributed by atoms with van der Waals surface area (Å²) in [4.78, 5) is 14.5. The molecule has 1 fully saturated rings. The summed E-state index contributed by atoms with van der Waals surface area (Å²) >= 11 is 6.31. The number of carbonyl (C=O) groups excluding carboxylic acids is 1. The summed E-state index contributed by atoms with van der Waals surface area (Å²) in [7, 11) is 0. The normalized spacial score (nSPS) is 17.4. The van der Waals surface area contributed by atoms with Gasteiger partial charge in [-0.25, -0.2) is 4.79 Å². The molecule has 0 atom stereocenters. The molecule has 1 aromatic carbocycles. The Hall–Kier alpha value is -1.11. The van der Waals surface area contributed by atoms with Gasteiger partial charge >= 0.3 is 0 Å². The van der Waals surface area contributed by atoms with Crippen LogP contribution in [0.4, 0.5) is 0 Å². The van der Waals surface area contributed by atoms with Crippen LogP contribution in [0, 0.1) is 13.8 Å². The standard InChI is InChI=1S/C13H14ClNO/c1-9-6-10(2)12(14)11(7-9)13(15-8-16)4-3-5-13/h6-7H,3-5H2,1-2H3. The third-order valence-electron chi connectivity index (χ3n) is 3.34. The van der Waals surface area contributed by atoms with E-state index in [9.17, 15) is 4.79 Å². The summed E-state index contributed by atoms with van der Waals surface area (Å²) in [6.07, 6.45) is 4.57. The number of benzene rings is 1. The van der Waals surface area contributed by atoms with Crippen LogP contribution in [0.3, 0.4) is 0 Å². The quantitative estimate of drug-likeness (QED) is 0.568. The summed E-state index contributed by atoms with van der Waals surface area (Å²) in [6, 6.07) is 4.08. The molecule has 0 N–H and O–H groups in total. The lowest BCUT2D eigenvalue weighted by Crippen LogP contribution is -2.32. The van der Waals surface area contributed by atoms with Gasteiger partial charge in [0.25, 0.3) is 0 Å². The molecule has 0 amide bonds. The topological polar surface area (TPSA) is 29.4 Å². The molecule has 0 radical (unpaired) electrons. The van der Waals surface area contributed by atoms with Crippen LogP contribution in [-0.4, -0.2) is 6.08 Å². The first-order valence-electron chi connectivity index (χ1n) is 5.45. The fourth-order valence-corrected chi connectivity index (χ4v) is 2.61. The van der Waals surface area contributed by atoms with Gasteiger partial charge in [0.05, 0.1) is 5.54 Å². The minimum atomic E-state index is -0.393.